The summed E-state index contributed by atoms with van der Waals surface area (Å²) >= 11 is 0. The van der Waals surface area contributed by atoms with Gasteiger partial charge in [0.2, 0.25) is 0 Å². The second-order valence-corrected chi connectivity index (χ2v) is 10.5. The average Bonchev–Trinajstić information content (AvgIpc) is 3.33. The Labute approximate surface area is 208 Å². The molecule has 3 N–H and O–H groups in total. The summed E-state index contributed by atoms with van der Waals surface area (Å²) in [7, 11) is 2.03. The second-order valence-electron chi connectivity index (χ2n) is 10.5. The van der Waals surface area contributed by atoms with E-state index < -0.39 is 29.0 Å². The Kier molecular flexibility index (Phi) is 5.30. The molecule has 2 aromatic rings. The van der Waals surface area contributed by atoms with Gasteiger partial charge in [-0.2, -0.15) is 0 Å². The van der Waals surface area contributed by atoms with Crippen LogP contribution in [0.2, 0.25) is 0 Å². The number of phenolic OH excluding ortho intramolecular Hbond substituents is 2. The normalized spacial score (nSPS) is 28.0. The highest BCUT2D eigenvalue weighted by Crippen LogP contribution is 2.54. The molecule has 2 aliphatic carbocycles. The molecule has 2 saturated heterocycles. The van der Waals surface area contributed by atoms with E-state index in [1.165, 1.54) is 0 Å². The summed E-state index contributed by atoms with van der Waals surface area (Å²) < 4.78 is 11.7. The van der Waals surface area contributed by atoms with Crippen molar-refractivity contribution in [3.05, 3.63) is 57.6 Å². The van der Waals surface area contributed by atoms with Crippen molar-refractivity contribution >= 4 is 11.6 Å². The monoisotopic (exact) mass is 494 g/mol. The Balaban J connectivity index is 1.57. The fourth-order valence-corrected chi connectivity index (χ4v) is 6.28. The van der Waals surface area contributed by atoms with Crippen LogP contribution in [0.5, 0.6) is 11.5 Å². The first-order valence-corrected chi connectivity index (χ1v) is 12.4. The van der Waals surface area contributed by atoms with Gasteiger partial charge >= 0.3 is 0 Å². The Bertz CT molecular complexity index is 1280. The molecule has 190 valence electrons. The third kappa shape index (κ3) is 3.20. The molecule has 2 aromatic carbocycles. The number of piperazine rings is 1. The molecule has 0 amide bonds. The van der Waals surface area contributed by atoms with Crippen molar-refractivity contribution in [2.45, 2.75) is 37.2 Å². The van der Waals surface area contributed by atoms with Crippen molar-refractivity contribution in [1.29, 1.82) is 0 Å². The number of carbonyl (C=O) groups is 2. The number of hydrogen-bond donors (Lipinski definition) is 3. The molecule has 0 aromatic heterocycles. The summed E-state index contributed by atoms with van der Waals surface area (Å²) in [6, 6.07) is 5.90. The third-order valence-corrected chi connectivity index (χ3v) is 8.46. The summed E-state index contributed by atoms with van der Waals surface area (Å²) in [5.41, 5.74) is -0.891. The minimum Gasteiger partial charge on any atom is -0.507 e. The molecule has 2 fully saturated rings. The Morgan fingerprint density at radius 1 is 0.917 bits per heavy atom. The number of aromatic hydroxyl groups is 2. The number of nitrogens with zero attached hydrogens (tertiary/aromatic N) is 2. The predicted molar refractivity (Wildman–Crippen MR) is 128 cm³/mol. The van der Waals surface area contributed by atoms with Crippen molar-refractivity contribution in [2.24, 2.45) is 0 Å². The lowest BCUT2D eigenvalue weighted by molar-refractivity contribution is -0.267. The lowest BCUT2D eigenvalue weighted by Gasteiger charge is -2.50. The molecule has 0 unspecified atom stereocenters. The van der Waals surface area contributed by atoms with Gasteiger partial charge in [-0.3, -0.25) is 14.5 Å². The lowest BCUT2D eigenvalue weighted by Crippen LogP contribution is -2.59. The van der Waals surface area contributed by atoms with E-state index in [2.05, 4.69) is 9.80 Å². The molecule has 6 rings (SSSR count). The van der Waals surface area contributed by atoms with E-state index in [0.29, 0.717) is 31.9 Å². The molecule has 0 radical (unpaired) electrons. The molecule has 0 bridgehead atoms. The molecule has 2 heterocycles. The van der Waals surface area contributed by atoms with E-state index in [-0.39, 0.29) is 52.2 Å². The minimum absolute atomic E-state index is 0.0983. The van der Waals surface area contributed by atoms with Crippen LogP contribution in [0.25, 0.3) is 0 Å². The Morgan fingerprint density at radius 2 is 1.47 bits per heavy atom. The quantitative estimate of drug-likeness (QED) is 0.456. The average molecular weight is 495 g/mol. The molecule has 36 heavy (non-hydrogen) atoms. The van der Waals surface area contributed by atoms with Crippen LogP contribution in [-0.4, -0.2) is 94.5 Å². The summed E-state index contributed by atoms with van der Waals surface area (Å²) in [5, 5.41) is 35.1. The molecule has 9 heteroatoms. The van der Waals surface area contributed by atoms with Crippen molar-refractivity contribution in [3.63, 3.8) is 0 Å². The van der Waals surface area contributed by atoms with E-state index in [4.69, 9.17) is 9.47 Å². The fraction of sp³-hybridized carbons (Fsp3) is 0.481. The molecule has 4 aliphatic rings. The maximum absolute atomic E-state index is 13.5. The van der Waals surface area contributed by atoms with Crippen LogP contribution in [-0.2, 0) is 15.9 Å². The van der Waals surface area contributed by atoms with Crippen molar-refractivity contribution < 1.29 is 34.4 Å². The molecule has 0 saturated carbocycles. The van der Waals surface area contributed by atoms with Gasteiger partial charge in [-0.1, -0.05) is 24.3 Å². The van der Waals surface area contributed by atoms with E-state index in [1.807, 2.05) is 7.05 Å². The smallest absolute Gasteiger partial charge is 0.198 e. The number of ether oxygens (including phenoxy) is 2. The van der Waals surface area contributed by atoms with E-state index in [9.17, 15) is 24.9 Å². The first-order chi connectivity index (χ1) is 17.2. The number of carbonyl (C=O) groups excluding carboxylic acids is 2. The first-order valence-electron chi connectivity index (χ1n) is 12.4. The number of fused-ring (bicyclic) bond motifs is 3. The molecule has 2 atom stereocenters. The van der Waals surface area contributed by atoms with Gasteiger partial charge in [0.05, 0.1) is 24.3 Å². The van der Waals surface area contributed by atoms with Gasteiger partial charge in [0, 0.05) is 67.3 Å². The van der Waals surface area contributed by atoms with Crippen LogP contribution in [0, 0.1) is 0 Å². The zero-order valence-corrected chi connectivity index (χ0v) is 20.4. The maximum Gasteiger partial charge on any atom is 0.198 e. The van der Waals surface area contributed by atoms with Crippen LogP contribution in [0.4, 0.5) is 0 Å². The maximum atomic E-state index is 13.5. The van der Waals surface area contributed by atoms with Gasteiger partial charge in [-0.25, -0.2) is 0 Å². The zero-order chi connectivity index (χ0) is 25.4. The summed E-state index contributed by atoms with van der Waals surface area (Å²) in [5.74, 6) is -3.01. The van der Waals surface area contributed by atoms with Crippen LogP contribution >= 0.6 is 0 Å². The van der Waals surface area contributed by atoms with Gasteiger partial charge in [-0.05, 0) is 14.0 Å². The number of rotatable bonds is 2. The van der Waals surface area contributed by atoms with Crippen molar-refractivity contribution in [1.82, 2.24) is 9.80 Å². The summed E-state index contributed by atoms with van der Waals surface area (Å²) in [6.45, 7) is 5.26. The summed E-state index contributed by atoms with van der Waals surface area (Å²) in [4.78, 5) is 31.3. The number of phenols is 2. The van der Waals surface area contributed by atoms with Crippen LogP contribution in [0.1, 0.15) is 62.4 Å². The molecule has 2 aliphatic heterocycles. The summed E-state index contributed by atoms with van der Waals surface area (Å²) in [6.07, 6.45) is 0.0730. The highest BCUT2D eigenvalue weighted by Gasteiger charge is 2.57. The topological polar surface area (TPSA) is 120 Å². The Morgan fingerprint density at radius 3 is 2.06 bits per heavy atom. The van der Waals surface area contributed by atoms with Gasteiger partial charge in [0.25, 0.3) is 0 Å². The van der Waals surface area contributed by atoms with E-state index in [1.54, 1.807) is 31.2 Å². The van der Waals surface area contributed by atoms with Crippen molar-refractivity contribution in [2.75, 3.05) is 46.4 Å². The second kappa shape index (κ2) is 8.09. The fourth-order valence-electron chi connectivity index (χ4n) is 6.28. The van der Waals surface area contributed by atoms with Gasteiger partial charge in [-0.15, -0.1) is 0 Å². The van der Waals surface area contributed by atoms with Gasteiger partial charge < -0.3 is 29.7 Å². The molecule has 9 nitrogen and oxygen atoms in total. The zero-order valence-electron chi connectivity index (χ0n) is 20.4. The Hall–Kier alpha value is -2.82. The largest absolute Gasteiger partial charge is 0.507 e. The standard InChI is InChI=1S/C27H30N2O7/c1-26(35-11-12-36-26)27(34)13-17-19(18(14-27)29-9-7-28(2)8-10-29)25(33)21-20(24(17)32)22(30)15-5-3-4-6-16(15)23(21)31/h3-6,18,32-34H,7-14H2,1-2H3/t18-,27+/m1/s1. The van der Waals surface area contributed by atoms with Crippen LogP contribution < -0.4 is 0 Å². The third-order valence-electron chi connectivity index (χ3n) is 8.46. The SMILES string of the molecule is CN1CCN([C@@H]2C[C@](O)(C3(C)OCCO3)Cc3c(O)c4c(c(O)c32)C(=O)c2ccccc2C4=O)CC1. The predicted octanol–water partition coefficient (Wildman–Crippen LogP) is 1.60. The number of aliphatic hydroxyl groups is 1. The van der Waals surface area contributed by atoms with Crippen LogP contribution in [0.3, 0.4) is 0 Å². The van der Waals surface area contributed by atoms with Gasteiger partial charge in [0.15, 0.2) is 17.4 Å². The lowest BCUT2D eigenvalue weighted by atomic mass is 9.69. The number of ketones is 2. The minimum atomic E-state index is -1.54. The van der Waals surface area contributed by atoms with E-state index >= 15 is 0 Å². The molecular formula is C27H30N2O7. The highest BCUT2D eigenvalue weighted by atomic mass is 16.7. The van der Waals surface area contributed by atoms with Crippen molar-refractivity contribution in [3.8, 4) is 11.5 Å². The number of likely N-dealkylation sites (N-methyl/N-ethyl adjacent to an activating group) is 1. The highest BCUT2D eigenvalue weighted by molar-refractivity contribution is 6.30. The molecule has 0 spiro atoms. The first kappa shape index (κ1) is 23.6. The van der Waals surface area contributed by atoms with E-state index in [0.717, 1.165) is 13.1 Å². The van der Waals surface area contributed by atoms with Gasteiger partial charge in [0.1, 0.15) is 17.1 Å². The molecular weight excluding hydrogens is 464 g/mol. The number of benzene rings is 2. The van der Waals surface area contributed by atoms with Crippen LogP contribution in [0.15, 0.2) is 24.3 Å². The number of hydrogen-bond acceptors (Lipinski definition) is 9.